The van der Waals surface area contributed by atoms with Gasteiger partial charge in [-0.25, -0.2) is 4.57 Å². The number of hydrogen-bond acceptors (Lipinski definition) is 6. The highest BCUT2D eigenvalue weighted by Gasteiger charge is 2.21. The van der Waals surface area contributed by atoms with E-state index in [1.54, 1.807) is 6.92 Å². The van der Waals surface area contributed by atoms with Crippen LogP contribution in [0.25, 0.3) is 0 Å². The van der Waals surface area contributed by atoms with E-state index in [1.165, 1.54) is 12.7 Å². The van der Waals surface area contributed by atoms with Crippen molar-refractivity contribution < 1.29 is 23.3 Å². The van der Waals surface area contributed by atoms with Crippen LogP contribution in [0.1, 0.15) is 17.3 Å². The molecule has 7 nitrogen and oxygen atoms in total. The smallest absolute Gasteiger partial charge is 0.376 e. The van der Waals surface area contributed by atoms with Crippen molar-refractivity contribution in [2.75, 3.05) is 13.3 Å². The van der Waals surface area contributed by atoms with Crippen LogP contribution < -0.4 is 4.52 Å². The monoisotopic (exact) mass is 273 g/mol. The van der Waals surface area contributed by atoms with E-state index >= 15 is 0 Å². The van der Waals surface area contributed by atoms with Gasteiger partial charge in [-0.15, -0.1) is 0 Å². The van der Waals surface area contributed by atoms with Gasteiger partial charge in [-0.2, -0.15) is 0 Å². The van der Waals surface area contributed by atoms with E-state index in [9.17, 15) is 19.5 Å². The van der Waals surface area contributed by atoms with Crippen LogP contribution in [0.15, 0.2) is 18.2 Å². The predicted octanol–water partition coefficient (Wildman–Crippen LogP) is 2.65. The lowest BCUT2D eigenvalue weighted by molar-refractivity contribution is -0.384. The first-order valence-electron chi connectivity index (χ1n) is 5.05. The fourth-order valence-electron chi connectivity index (χ4n) is 1.26. The lowest BCUT2D eigenvalue weighted by Gasteiger charge is -2.15. The Kier molecular flexibility index (Phi) is 4.58. The second kappa shape index (κ2) is 5.75. The lowest BCUT2D eigenvalue weighted by Crippen LogP contribution is -1.99. The van der Waals surface area contributed by atoms with Crippen LogP contribution in [-0.2, 0) is 9.09 Å². The molecule has 0 aliphatic heterocycles. The molecule has 0 amide bonds. The first-order chi connectivity index (χ1) is 8.39. The Morgan fingerprint density at radius 1 is 1.50 bits per heavy atom. The van der Waals surface area contributed by atoms with E-state index in [0.717, 1.165) is 12.1 Å². The molecule has 1 rings (SSSR count). The van der Waals surface area contributed by atoms with Crippen molar-refractivity contribution in [2.24, 2.45) is 0 Å². The average Bonchev–Trinajstić information content (AvgIpc) is 2.28. The predicted molar refractivity (Wildman–Crippen MR) is 64.3 cm³/mol. The zero-order valence-corrected chi connectivity index (χ0v) is 10.8. The highest BCUT2D eigenvalue weighted by molar-refractivity contribution is 7.53. The summed E-state index contributed by atoms with van der Waals surface area (Å²) in [6, 6.07) is 3.43. The van der Waals surface area contributed by atoms with Gasteiger partial charge in [0.2, 0.25) is 0 Å². The molecular weight excluding hydrogens is 261 g/mol. The Morgan fingerprint density at radius 3 is 2.67 bits per heavy atom. The molecule has 1 aromatic carbocycles. The number of carbonyl (C=O) groups excluding carboxylic acids is 1. The van der Waals surface area contributed by atoms with Gasteiger partial charge in [0.05, 0.1) is 17.1 Å². The number of rotatable bonds is 6. The summed E-state index contributed by atoms with van der Waals surface area (Å²) >= 11 is 0. The van der Waals surface area contributed by atoms with Crippen LogP contribution in [0.3, 0.4) is 0 Å². The van der Waals surface area contributed by atoms with E-state index < -0.39 is 12.5 Å². The molecule has 0 heterocycles. The summed E-state index contributed by atoms with van der Waals surface area (Å²) in [5.74, 6) is -0.00474. The molecule has 18 heavy (non-hydrogen) atoms. The first-order valence-corrected chi connectivity index (χ1v) is 7.04. The molecule has 0 aliphatic carbocycles. The minimum atomic E-state index is -3.32. The molecule has 1 aromatic rings. The van der Waals surface area contributed by atoms with Crippen LogP contribution in [0, 0.1) is 10.1 Å². The maximum atomic E-state index is 11.8. The van der Waals surface area contributed by atoms with Crippen molar-refractivity contribution in [1.82, 2.24) is 0 Å². The number of nitro groups is 1. The maximum absolute atomic E-state index is 11.8. The molecule has 0 fully saturated rings. The zero-order valence-electron chi connectivity index (χ0n) is 9.86. The minimum Gasteiger partial charge on any atom is -0.424 e. The summed E-state index contributed by atoms with van der Waals surface area (Å²) in [7, 11) is -3.32. The fourth-order valence-corrected chi connectivity index (χ4v) is 2.31. The Morgan fingerprint density at radius 2 is 2.17 bits per heavy atom. The van der Waals surface area contributed by atoms with Gasteiger partial charge in [0, 0.05) is 18.8 Å². The molecule has 0 saturated carbocycles. The van der Waals surface area contributed by atoms with Crippen molar-refractivity contribution in [3.8, 4) is 5.75 Å². The minimum absolute atomic E-state index is 0.00474. The molecule has 98 valence electrons. The molecule has 0 aromatic heterocycles. The second-order valence-electron chi connectivity index (χ2n) is 3.38. The third kappa shape index (κ3) is 3.65. The molecule has 0 saturated heterocycles. The molecular formula is C10H12NO6P. The van der Waals surface area contributed by atoms with Crippen molar-refractivity contribution in [3.63, 3.8) is 0 Å². The fraction of sp³-hybridized carbons (Fsp3) is 0.300. The largest absolute Gasteiger partial charge is 0.424 e. The third-order valence-corrected chi connectivity index (χ3v) is 3.21. The summed E-state index contributed by atoms with van der Waals surface area (Å²) in [5.41, 5.74) is -0.294. The first kappa shape index (κ1) is 14.3. The number of nitro benzene ring substituents is 1. The van der Waals surface area contributed by atoms with Gasteiger partial charge in [-0.1, -0.05) is 0 Å². The summed E-state index contributed by atoms with van der Waals surface area (Å²) in [4.78, 5) is 20.7. The Bertz CT molecular complexity index is 515. The topological polar surface area (TPSA) is 95.7 Å². The number of carbonyl (C=O) groups is 1. The molecule has 0 spiro atoms. The van der Waals surface area contributed by atoms with E-state index in [2.05, 4.69) is 0 Å². The quantitative estimate of drug-likeness (QED) is 0.342. The molecule has 0 aliphatic rings. The summed E-state index contributed by atoms with van der Waals surface area (Å²) in [6.07, 6.45) is 0.397. The van der Waals surface area contributed by atoms with E-state index in [0.29, 0.717) is 6.29 Å². The SMILES string of the molecule is CCOP(C)(=O)Oc1ccc([N+](=O)[O-])cc1C=O. The number of hydrogen-bond donors (Lipinski definition) is 0. The average molecular weight is 273 g/mol. The summed E-state index contributed by atoms with van der Waals surface area (Å²) in [6.45, 7) is 3.10. The van der Waals surface area contributed by atoms with E-state index in [1.807, 2.05) is 0 Å². The lowest BCUT2D eigenvalue weighted by atomic mass is 10.2. The maximum Gasteiger partial charge on any atom is 0.376 e. The van der Waals surface area contributed by atoms with Gasteiger partial charge in [0.1, 0.15) is 5.75 Å². The molecule has 0 bridgehead atoms. The van der Waals surface area contributed by atoms with Crippen molar-refractivity contribution in [3.05, 3.63) is 33.9 Å². The highest BCUT2D eigenvalue weighted by atomic mass is 31.2. The number of aldehydes is 1. The van der Waals surface area contributed by atoms with Crippen molar-refractivity contribution in [1.29, 1.82) is 0 Å². The van der Waals surface area contributed by atoms with Crippen LogP contribution in [0.2, 0.25) is 0 Å². The second-order valence-corrected chi connectivity index (χ2v) is 5.36. The molecule has 0 radical (unpaired) electrons. The standard InChI is InChI=1S/C10H12NO6P/c1-3-16-18(2,15)17-10-5-4-9(11(13)14)6-8(10)7-12/h4-7H,3H2,1-2H3. The molecule has 1 atom stereocenters. The van der Waals surface area contributed by atoms with Gasteiger partial charge in [-0.05, 0) is 13.0 Å². The number of nitrogens with zero attached hydrogens (tertiary/aromatic N) is 1. The third-order valence-electron chi connectivity index (χ3n) is 1.96. The molecule has 0 N–H and O–H groups in total. The Hall–Kier alpha value is -1.72. The Labute approximate surface area is 103 Å². The van der Waals surface area contributed by atoms with Gasteiger partial charge >= 0.3 is 7.60 Å². The summed E-state index contributed by atoms with van der Waals surface area (Å²) in [5, 5.41) is 10.5. The van der Waals surface area contributed by atoms with Crippen molar-refractivity contribution >= 4 is 19.6 Å². The van der Waals surface area contributed by atoms with Crippen LogP contribution in [0.5, 0.6) is 5.75 Å². The molecule has 1 unspecified atom stereocenters. The van der Waals surface area contributed by atoms with Gasteiger partial charge < -0.3 is 9.05 Å². The van der Waals surface area contributed by atoms with Crippen LogP contribution >= 0.6 is 7.60 Å². The van der Waals surface area contributed by atoms with Gasteiger partial charge in [0.25, 0.3) is 5.69 Å². The van der Waals surface area contributed by atoms with Crippen LogP contribution in [0.4, 0.5) is 5.69 Å². The van der Waals surface area contributed by atoms with E-state index in [-0.39, 0.29) is 23.6 Å². The number of non-ortho nitro benzene ring substituents is 1. The highest BCUT2D eigenvalue weighted by Crippen LogP contribution is 2.45. The number of benzene rings is 1. The Balaban J connectivity index is 3.07. The van der Waals surface area contributed by atoms with Gasteiger partial charge in [0.15, 0.2) is 6.29 Å². The zero-order chi connectivity index (χ0) is 13.8. The van der Waals surface area contributed by atoms with E-state index in [4.69, 9.17) is 9.05 Å². The van der Waals surface area contributed by atoms with Gasteiger partial charge in [-0.3, -0.25) is 14.9 Å². The van der Waals surface area contributed by atoms with Crippen molar-refractivity contribution in [2.45, 2.75) is 6.92 Å². The molecule has 8 heteroatoms. The normalized spacial score (nSPS) is 13.7. The van der Waals surface area contributed by atoms with Crippen LogP contribution in [-0.4, -0.2) is 24.5 Å². The summed E-state index contributed by atoms with van der Waals surface area (Å²) < 4.78 is 21.7.